The summed E-state index contributed by atoms with van der Waals surface area (Å²) < 4.78 is 44.9. The van der Waals surface area contributed by atoms with Crippen molar-refractivity contribution >= 4 is 28.7 Å². The first-order valence-electron chi connectivity index (χ1n) is 18.0. The van der Waals surface area contributed by atoms with E-state index in [-0.39, 0.29) is 44.3 Å². The Hall–Kier alpha value is -4.49. The summed E-state index contributed by atoms with van der Waals surface area (Å²) in [6, 6.07) is 9.87. The normalized spacial score (nSPS) is 20.4. The van der Waals surface area contributed by atoms with Gasteiger partial charge in [-0.15, -0.1) is 0 Å². The number of carbonyl (C=O) groups excluding carboxylic acids is 2. The van der Waals surface area contributed by atoms with Crippen molar-refractivity contribution in [3.8, 4) is 22.5 Å². The average molecular weight is 716 g/mol. The molecule has 13 heteroatoms. The maximum Gasteiger partial charge on any atom is 0.410 e. The SMILES string of the molecule is CC(=O)Nc1cc2c(-c3cc(-c4ccc(CN5CCC6(CCN(C(=O)OC(C)(C)C)CC6)C(F)(F)C5)cn4)cc(C4CCOC4)n3)cn(C)c2cn1. The van der Waals surface area contributed by atoms with Crippen LogP contribution in [0.3, 0.4) is 0 Å². The standard InChI is InChI=1S/C39H47F2N7O4/c1-25(49)44-35-18-29-30(22-46(5)34(29)20-43-35)33-17-28(16-32(45-33)27-8-15-51-23-27)31-7-6-26(19-42-31)21-47-12-9-38(39(40,41)24-47)10-13-48(14-11-38)36(50)52-37(2,3)4/h6-7,16-20,22,27H,8-15,21,23-24H2,1-5H3,(H,43,44,49). The van der Waals surface area contributed by atoms with E-state index in [0.717, 1.165) is 51.1 Å². The summed E-state index contributed by atoms with van der Waals surface area (Å²) in [6.07, 6.45) is 6.87. The lowest BCUT2D eigenvalue weighted by Crippen LogP contribution is -2.59. The third kappa shape index (κ3) is 7.38. The number of hydrogen-bond donors (Lipinski definition) is 1. The van der Waals surface area contributed by atoms with E-state index in [4.69, 9.17) is 19.4 Å². The molecule has 276 valence electrons. The van der Waals surface area contributed by atoms with E-state index in [9.17, 15) is 9.59 Å². The molecule has 1 unspecified atom stereocenters. The number of pyridine rings is 3. The van der Waals surface area contributed by atoms with Crippen molar-refractivity contribution in [1.29, 1.82) is 0 Å². The number of carbonyl (C=O) groups is 2. The van der Waals surface area contributed by atoms with Gasteiger partial charge in [0.05, 0.1) is 36.3 Å². The van der Waals surface area contributed by atoms with Crippen LogP contribution in [0.15, 0.2) is 48.9 Å². The molecule has 52 heavy (non-hydrogen) atoms. The van der Waals surface area contributed by atoms with Gasteiger partial charge in [-0.25, -0.2) is 18.6 Å². The van der Waals surface area contributed by atoms with Gasteiger partial charge >= 0.3 is 6.09 Å². The largest absolute Gasteiger partial charge is 0.444 e. The number of alkyl halides is 2. The van der Waals surface area contributed by atoms with Crippen molar-refractivity contribution in [2.45, 2.75) is 77.4 Å². The first-order chi connectivity index (χ1) is 24.7. The maximum atomic E-state index is 15.9. The van der Waals surface area contributed by atoms with E-state index in [1.54, 1.807) is 38.1 Å². The zero-order valence-electron chi connectivity index (χ0n) is 30.5. The highest BCUT2D eigenvalue weighted by Crippen LogP contribution is 2.51. The molecule has 1 atom stereocenters. The van der Waals surface area contributed by atoms with Gasteiger partial charge in [-0.3, -0.25) is 19.7 Å². The molecule has 0 bridgehead atoms. The summed E-state index contributed by atoms with van der Waals surface area (Å²) in [5.74, 6) is -2.46. The van der Waals surface area contributed by atoms with Crippen LogP contribution in [0.5, 0.6) is 0 Å². The molecule has 3 aliphatic heterocycles. The fourth-order valence-electron chi connectivity index (χ4n) is 7.77. The monoisotopic (exact) mass is 715 g/mol. The van der Waals surface area contributed by atoms with Crippen molar-refractivity contribution < 1.29 is 27.8 Å². The van der Waals surface area contributed by atoms with Crippen molar-refractivity contribution in [3.05, 3.63) is 60.2 Å². The Morgan fingerprint density at radius 3 is 2.46 bits per heavy atom. The van der Waals surface area contributed by atoms with E-state index in [2.05, 4.69) is 16.4 Å². The van der Waals surface area contributed by atoms with Gasteiger partial charge in [0, 0.05) is 86.1 Å². The smallest absolute Gasteiger partial charge is 0.410 e. The predicted octanol–water partition coefficient (Wildman–Crippen LogP) is 7.02. The Bertz CT molecular complexity index is 1960. The molecular weight excluding hydrogens is 668 g/mol. The lowest BCUT2D eigenvalue weighted by molar-refractivity contribution is -0.187. The molecule has 0 aliphatic carbocycles. The van der Waals surface area contributed by atoms with E-state index < -0.39 is 23.0 Å². The molecule has 1 N–H and O–H groups in total. The van der Waals surface area contributed by atoms with Crippen LogP contribution in [0.25, 0.3) is 33.4 Å². The Morgan fingerprint density at radius 2 is 1.81 bits per heavy atom. The first-order valence-corrected chi connectivity index (χ1v) is 18.0. The number of anilines is 1. The van der Waals surface area contributed by atoms with Gasteiger partial charge in [0.2, 0.25) is 5.91 Å². The Morgan fingerprint density at radius 1 is 1.04 bits per heavy atom. The van der Waals surface area contributed by atoms with Crippen molar-refractivity contribution in [2.24, 2.45) is 12.5 Å². The van der Waals surface area contributed by atoms with Crippen molar-refractivity contribution in [1.82, 2.24) is 29.3 Å². The second-order valence-corrected chi connectivity index (χ2v) is 15.6. The summed E-state index contributed by atoms with van der Waals surface area (Å²) >= 11 is 0. The summed E-state index contributed by atoms with van der Waals surface area (Å²) in [7, 11) is 1.95. The molecule has 1 spiro atoms. The van der Waals surface area contributed by atoms with Gasteiger partial charge < -0.3 is 24.3 Å². The number of amides is 2. The molecule has 0 saturated carbocycles. The van der Waals surface area contributed by atoms with Crippen molar-refractivity contribution in [2.75, 3.05) is 44.7 Å². The minimum Gasteiger partial charge on any atom is -0.444 e. The van der Waals surface area contributed by atoms with Crippen LogP contribution in [-0.4, -0.2) is 92.2 Å². The number of piperidine rings is 2. The number of likely N-dealkylation sites (tertiary alicyclic amines) is 2. The summed E-state index contributed by atoms with van der Waals surface area (Å²) in [5, 5.41) is 3.69. The van der Waals surface area contributed by atoms with Crippen LogP contribution in [0, 0.1) is 5.41 Å². The number of nitrogens with one attached hydrogen (secondary N) is 1. The Kier molecular flexibility index (Phi) is 9.53. The van der Waals surface area contributed by atoms with Crippen molar-refractivity contribution in [3.63, 3.8) is 0 Å². The number of aromatic nitrogens is 4. The molecule has 7 rings (SSSR count). The third-order valence-corrected chi connectivity index (χ3v) is 10.7. The lowest BCUT2D eigenvalue weighted by Gasteiger charge is -2.51. The topological polar surface area (TPSA) is 115 Å². The molecule has 0 radical (unpaired) electrons. The molecule has 2 amide bonds. The number of ether oxygens (including phenoxy) is 2. The summed E-state index contributed by atoms with van der Waals surface area (Å²) in [5.41, 5.74) is 4.29. The number of hydrogen-bond acceptors (Lipinski definition) is 8. The average Bonchev–Trinajstić information content (AvgIpc) is 3.74. The molecule has 4 aromatic rings. The molecule has 3 saturated heterocycles. The maximum absolute atomic E-state index is 15.9. The summed E-state index contributed by atoms with van der Waals surface area (Å²) in [6.45, 7) is 9.29. The number of aryl methyl sites for hydroxylation is 1. The number of fused-ring (bicyclic) bond motifs is 1. The highest BCUT2D eigenvalue weighted by molar-refractivity contribution is 5.98. The Labute approximate surface area is 302 Å². The second-order valence-electron chi connectivity index (χ2n) is 15.6. The van der Waals surface area contributed by atoms with Crippen LogP contribution >= 0.6 is 0 Å². The number of halogens is 2. The molecule has 7 heterocycles. The van der Waals surface area contributed by atoms with Crippen LogP contribution in [0.2, 0.25) is 0 Å². The fourth-order valence-corrected chi connectivity index (χ4v) is 7.77. The molecule has 11 nitrogen and oxygen atoms in total. The summed E-state index contributed by atoms with van der Waals surface area (Å²) in [4.78, 5) is 42.0. The quantitative estimate of drug-likeness (QED) is 0.227. The van der Waals surface area contributed by atoms with Gasteiger partial charge in [0.1, 0.15) is 11.4 Å². The second kappa shape index (κ2) is 13.8. The van der Waals surface area contributed by atoms with Gasteiger partial charge in [-0.2, -0.15) is 0 Å². The molecular formula is C39H47F2N7O4. The van der Waals surface area contributed by atoms with Gasteiger partial charge in [-0.05, 0) is 82.8 Å². The van der Waals surface area contributed by atoms with E-state index in [1.807, 2.05) is 47.0 Å². The lowest BCUT2D eigenvalue weighted by atomic mass is 9.68. The van der Waals surface area contributed by atoms with Gasteiger partial charge in [0.15, 0.2) is 0 Å². The van der Waals surface area contributed by atoms with Gasteiger partial charge in [-0.1, -0.05) is 6.07 Å². The molecule has 4 aromatic heterocycles. The van der Waals surface area contributed by atoms with E-state index >= 15 is 8.78 Å². The van der Waals surface area contributed by atoms with E-state index in [1.165, 1.54) is 6.92 Å². The molecule has 3 aliphatic rings. The first kappa shape index (κ1) is 35.9. The highest BCUT2D eigenvalue weighted by atomic mass is 19.3. The van der Waals surface area contributed by atoms with Crippen LogP contribution < -0.4 is 5.32 Å². The van der Waals surface area contributed by atoms with Crippen LogP contribution in [0.1, 0.15) is 70.6 Å². The van der Waals surface area contributed by atoms with Crippen LogP contribution in [0.4, 0.5) is 19.4 Å². The predicted molar refractivity (Wildman–Crippen MR) is 194 cm³/mol. The van der Waals surface area contributed by atoms with Crippen LogP contribution in [-0.2, 0) is 27.9 Å². The zero-order valence-corrected chi connectivity index (χ0v) is 30.5. The van der Waals surface area contributed by atoms with E-state index in [0.29, 0.717) is 38.5 Å². The number of nitrogens with zero attached hydrogens (tertiary/aromatic N) is 6. The minimum atomic E-state index is -2.88. The third-order valence-electron chi connectivity index (χ3n) is 10.7. The molecule has 3 fully saturated rings. The van der Waals surface area contributed by atoms with Gasteiger partial charge in [0.25, 0.3) is 5.92 Å². The highest BCUT2D eigenvalue weighted by Gasteiger charge is 2.57. The Balaban J connectivity index is 1.08. The number of rotatable bonds is 6. The fraction of sp³-hybridized carbons (Fsp3) is 0.513. The minimum absolute atomic E-state index is 0.151. The zero-order chi connectivity index (χ0) is 36.8. The molecule has 0 aromatic carbocycles.